The molecule has 0 aromatic carbocycles. The van der Waals surface area contributed by atoms with Crippen LogP contribution in [0.2, 0.25) is 0 Å². The summed E-state index contributed by atoms with van der Waals surface area (Å²) in [5, 5.41) is 8.23. The predicted molar refractivity (Wildman–Crippen MR) is 172 cm³/mol. The van der Waals surface area contributed by atoms with Crippen LogP contribution >= 0.6 is 0 Å². The monoisotopic (exact) mass is 632 g/mol. The second-order valence-corrected chi connectivity index (χ2v) is 14.1. The smallest absolute Gasteiger partial charge is 0.407 e. The molecule has 3 aromatic rings. The summed E-state index contributed by atoms with van der Waals surface area (Å²) in [7, 11) is 0. The highest BCUT2D eigenvalue weighted by Crippen LogP contribution is 2.44. The molecule has 0 radical (unpaired) electrons. The van der Waals surface area contributed by atoms with Gasteiger partial charge in [-0.3, -0.25) is 4.79 Å². The number of fused-ring (bicyclic) bond motifs is 2. The van der Waals surface area contributed by atoms with Crippen molar-refractivity contribution >= 4 is 40.9 Å². The molecule has 1 unspecified atom stereocenters. The topological polar surface area (TPSA) is 137 Å². The Balaban J connectivity index is 1.16. The Morgan fingerprint density at radius 2 is 1.93 bits per heavy atom. The van der Waals surface area contributed by atoms with Crippen LogP contribution in [-0.2, 0) is 20.6 Å². The minimum atomic E-state index is -0.566. The lowest BCUT2D eigenvalue weighted by molar-refractivity contribution is -0.0368. The Kier molecular flexibility index (Phi) is 8.08. The first-order valence-corrected chi connectivity index (χ1v) is 16.6. The maximum absolute atomic E-state index is 12.7. The van der Waals surface area contributed by atoms with Gasteiger partial charge in [0.25, 0.3) is 0 Å². The van der Waals surface area contributed by atoms with Gasteiger partial charge in [0.15, 0.2) is 29.5 Å². The highest BCUT2D eigenvalue weighted by atomic mass is 16.6. The van der Waals surface area contributed by atoms with E-state index in [1.165, 1.54) is 0 Å². The van der Waals surface area contributed by atoms with E-state index in [-0.39, 0.29) is 23.8 Å². The van der Waals surface area contributed by atoms with Crippen molar-refractivity contribution in [1.82, 2.24) is 30.0 Å². The maximum Gasteiger partial charge on any atom is 0.407 e. The van der Waals surface area contributed by atoms with Gasteiger partial charge in [-0.05, 0) is 84.8 Å². The minimum absolute atomic E-state index is 0.0985. The highest BCUT2D eigenvalue weighted by molar-refractivity contribution is 5.88. The number of carbonyl (C=O) groups is 2. The Morgan fingerprint density at radius 1 is 1.11 bits per heavy atom. The summed E-state index contributed by atoms with van der Waals surface area (Å²) in [6.07, 6.45) is 8.26. The van der Waals surface area contributed by atoms with E-state index < -0.39 is 11.7 Å². The zero-order valence-electron chi connectivity index (χ0n) is 27.2. The summed E-state index contributed by atoms with van der Waals surface area (Å²) in [4.78, 5) is 43.3. The fourth-order valence-electron chi connectivity index (χ4n) is 7.41. The minimum Gasteiger partial charge on any atom is -0.444 e. The molecule has 246 valence electrons. The Bertz CT molecular complexity index is 1610. The molecule has 46 heavy (non-hydrogen) atoms. The van der Waals surface area contributed by atoms with E-state index in [4.69, 9.17) is 29.3 Å². The number of pyridine rings is 1. The number of carbonyl (C=O) groups excluding carboxylic acids is 2. The van der Waals surface area contributed by atoms with Crippen molar-refractivity contribution in [3.05, 3.63) is 29.7 Å². The van der Waals surface area contributed by atoms with Crippen LogP contribution in [0.15, 0.2) is 18.3 Å². The van der Waals surface area contributed by atoms with Crippen LogP contribution in [0.1, 0.15) is 88.6 Å². The zero-order valence-corrected chi connectivity index (χ0v) is 27.2. The Hall–Kier alpha value is -3.84. The van der Waals surface area contributed by atoms with Gasteiger partial charge in [-0.15, -0.1) is 5.10 Å². The molecule has 0 aliphatic carbocycles. The number of aldehydes is 1. The van der Waals surface area contributed by atoms with Crippen LogP contribution in [0.3, 0.4) is 0 Å². The van der Waals surface area contributed by atoms with Crippen molar-refractivity contribution in [3.63, 3.8) is 0 Å². The third-order valence-electron chi connectivity index (χ3n) is 9.75. The second kappa shape index (κ2) is 12.1. The van der Waals surface area contributed by atoms with Crippen molar-refractivity contribution in [1.29, 1.82) is 0 Å². The van der Waals surface area contributed by atoms with Crippen LogP contribution in [0.4, 0.5) is 22.1 Å². The molecule has 3 atom stereocenters. The van der Waals surface area contributed by atoms with Crippen LogP contribution < -0.4 is 15.1 Å². The molecule has 0 bridgehead atoms. The van der Waals surface area contributed by atoms with E-state index in [2.05, 4.69) is 20.1 Å². The highest BCUT2D eigenvalue weighted by Gasteiger charge is 2.50. The molecular weight excluding hydrogens is 588 g/mol. The van der Waals surface area contributed by atoms with Gasteiger partial charge in [0, 0.05) is 31.7 Å². The number of piperidine rings is 1. The lowest BCUT2D eigenvalue weighted by Gasteiger charge is -2.42. The first-order chi connectivity index (χ1) is 22.1. The molecule has 1 N–H and O–H groups in total. The van der Waals surface area contributed by atoms with Gasteiger partial charge in [-0.2, -0.15) is 0 Å². The lowest BCUT2D eigenvalue weighted by atomic mass is 9.73. The molecule has 4 aliphatic heterocycles. The Labute approximate surface area is 269 Å². The van der Waals surface area contributed by atoms with E-state index in [1.807, 2.05) is 44.6 Å². The van der Waals surface area contributed by atoms with Gasteiger partial charge in [0.1, 0.15) is 17.1 Å². The molecule has 3 fully saturated rings. The molecule has 1 amide bonds. The number of alkyl carbamates (subject to hydrolysis) is 1. The number of aryl methyl sites for hydroxylation is 1. The number of amides is 1. The molecule has 4 aliphatic rings. The van der Waals surface area contributed by atoms with Gasteiger partial charge in [-0.1, -0.05) is 0 Å². The van der Waals surface area contributed by atoms with Crippen LogP contribution in [0, 0.1) is 5.41 Å². The Morgan fingerprint density at radius 3 is 2.67 bits per heavy atom. The lowest BCUT2D eigenvalue weighted by Crippen LogP contribution is -2.55. The largest absolute Gasteiger partial charge is 0.444 e. The number of nitrogens with one attached hydrogen (secondary N) is 1. The van der Waals surface area contributed by atoms with Crippen molar-refractivity contribution in [2.75, 3.05) is 42.6 Å². The van der Waals surface area contributed by atoms with Gasteiger partial charge in [-0.25, -0.2) is 24.4 Å². The molecule has 13 heteroatoms. The fourth-order valence-corrected chi connectivity index (χ4v) is 7.41. The quantitative estimate of drug-likeness (QED) is 0.392. The molecule has 7 heterocycles. The van der Waals surface area contributed by atoms with Gasteiger partial charge in [0.05, 0.1) is 36.3 Å². The zero-order chi connectivity index (χ0) is 32.1. The molecule has 7 rings (SSSR count). The van der Waals surface area contributed by atoms with E-state index in [9.17, 15) is 9.59 Å². The molecule has 0 saturated carbocycles. The number of nitrogens with zero attached hydrogens (tertiary/aromatic N) is 7. The maximum atomic E-state index is 12.7. The van der Waals surface area contributed by atoms with E-state index in [1.54, 1.807) is 6.07 Å². The van der Waals surface area contributed by atoms with Crippen molar-refractivity contribution in [2.24, 2.45) is 5.41 Å². The average molecular weight is 633 g/mol. The van der Waals surface area contributed by atoms with Crippen molar-refractivity contribution < 1.29 is 23.8 Å². The van der Waals surface area contributed by atoms with E-state index in [0.29, 0.717) is 24.6 Å². The van der Waals surface area contributed by atoms with Crippen molar-refractivity contribution in [3.8, 4) is 0 Å². The number of anilines is 3. The summed E-state index contributed by atoms with van der Waals surface area (Å²) in [6, 6.07) is 3.58. The number of hydrogen-bond donors (Lipinski definition) is 1. The van der Waals surface area contributed by atoms with Crippen molar-refractivity contribution in [2.45, 2.75) is 96.6 Å². The van der Waals surface area contributed by atoms with Crippen LogP contribution in [0.5, 0.6) is 0 Å². The average Bonchev–Trinajstić information content (AvgIpc) is 3.57. The molecule has 13 nitrogen and oxygen atoms in total. The predicted octanol–water partition coefficient (Wildman–Crippen LogP) is 4.72. The summed E-state index contributed by atoms with van der Waals surface area (Å²) in [6.45, 7) is 11.2. The van der Waals surface area contributed by atoms with Gasteiger partial charge in [0.2, 0.25) is 0 Å². The van der Waals surface area contributed by atoms with E-state index in [0.717, 1.165) is 99.4 Å². The fraction of sp³-hybridized carbons (Fsp3) is 0.636. The van der Waals surface area contributed by atoms with Crippen LogP contribution in [-0.4, -0.2) is 87.7 Å². The first kappa shape index (κ1) is 30.8. The molecule has 1 spiro atoms. The van der Waals surface area contributed by atoms with Crippen LogP contribution in [0.25, 0.3) is 11.2 Å². The third kappa shape index (κ3) is 5.79. The number of ether oxygens (including phenoxy) is 3. The van der Waals surface area contributed by atoms with Gasteiger partial charge < -0.3 is 29.3 Å². The molecule has 3 aromatic heterocycles. The summed E-state index contributed by atoms with van der Waals surface area (Å²) in [5.41, 5.74) is 2.96. The number of hydrogen-bond acceptors (Lipinski definition) is 11. The second-order valence-electron chi connectivity index (χ2n) is 14.1. The first-order valence-electron chi connectivity index (χ1n) is 16.6. The summed E-state index contributed by atoms with van der Waals surface area (Å²) in [5.74, 6) is 1.53. The summed E-state index contributed by atoms with van der Waals surface area (Å²) >= 11 is 0. The van der Waals surface area contributed by atoms with Gasteiger partial charge >= 0.3 is 6.09 Å². The number of aromatic nitrogens is 5. The van der Waals surface area contributed by atoms with E-state index >= 15 is 0 Å². The molecule has 3 saturated heterocycles. The summed E-state index contributed by atoms with van der Waals surface area (Å²) < 4.78 is 19.8. The number of rotatable bonds is 5. The normalized spacial score (nSPS) is 24.7. The SMILES string of the molecule is C[C@@H]1OCC2(CCN(c3cnc4c(N5CCCc6nc(C=O)ccc65)nn(C5CCCCO5)c4n3)CC2)[C@@H]1NC(=O)OC(C)(C)C. The third-order valence-corrected chi connectivity index (χ3v) is 9.75. The standard InChI is InChI=1S/C33H44N8O5/c1-21-28(37-31(43)46-32(2,3)4)33(20-45-21)12-15-39(16-13-33)25-18-34-27-29(36-25)41(26-9-5-6-17-44-26)38-30(27)40-14-7-8-23-24(40)11-10-22(19-42)35-23/h10-11,18-19,21,26,28H,5-9,12-17,20H2,1-4H3,(H,37,43)/t21-,26?,28+/m0/s1. The molecular formula is C33H44N8O5.